The fourth-order valence-electron chi connectivity index (χ4n) is 2.27. The number of aryl methyl sites for hydroxylation is 1. The molecule has 20 heavy (non-hydrogen) atoms. The summed E-state index contributed by atoms with van der Waals surface area (Å²) in [5.74, 6) is 0.129. The Kier molecular flexibility index (Phi) is 4.53. The van der Waals surface area contributed by atoms with Crippen molar-refractivity contribution < 1.29 is 0 Å². The summed E-state index contributed by atoms with van der Waals surface area (Å²) in [6, 6.07) is 16.4. The molecular formula is C17H21N3. The molecule has 0 aliphatic carbocycles. The van der Waals surface area contributed by atoms with Gasteiger partial charge in [0.1, 0.15) is 5.84 Å². The lowest BCUT2D eigenvalue weighted by Crippen LogP contribution is -2.21. The van der Waals surface area contributed by atoms with Crippen LogP contribution in [-0.2, 0) is 13.1 Å². The Morgan fingerprint density at radius 3 is 2.35 bits per heavy atom. The van der Waals surface area contributed by atoms with Gasteiger partial charge in [-0.1, -0.05) is 54.1 Å². The molecule has 3 nitrogen and oxygen atoms in total. The summed E-state index contributed by atoms with van der Waals surface area (Å²) in [4.78, 5) is 2.23. The lowest BCUT2D eigenvalue weighted by atomic mass is 10.1. The van der Waals surface area contributed by atoms with Crippen molar-refractivity contribution in [1.29, 1.82) is 5.41 Å². The molecule has 104 valence electrons. The van der Waals surface area contributed by atoms with Crippen LogP contribution < -0.4 is 5.73 Å². The molecule has 3 heteroatoms. The smallest absolute Gasteiger partial charge is 0.123 e. The Hall–Kier alpha value is -2.13. The molecule has 2 rings (SSSR count). The van der Waals surface area contributed by atoms with E-state index < -0.39 is 0 Å². The summed E-state index contributed by atoms with van der Waals surface area (Å²) >= 11 is 0. The van der Waals surface area contributed by atoms with E-state index in [9.17, 15) is 0 Å². The Morgan fingerprint density at radius 1 is 1.05 bits per heavy atom. The van der Waals surface area contributed by atoms with Gasteiger partial charge in [0, 0.05) is 18.7 Å². The molecule has 0 saturated carbocycles. The van der Waals surface area contributed by atoms with Crippen LogP contribution >= 0.6 is 0 Å². The number of rotatable bonds is 5. The number of benzene rings is 2. The Balaban J connectivity index is 2.06. The van der Waals surface area contributed by atoms with Crippen molar-refractivity contribution in [2.24, 2.45) is 5.73 Å². The van der Waals surface area contributed by atoms with E-state index in [0.29, 0.717) is 0 Å². The van der Waals surface area contributed by atoms with E-state index in [1.807, 2.05) is 24.3 Å². The van der Waals surface area contributed by atoms with Crippen molar-refractivity contribution in [2.75, 3.05) is 7.05 Å². The lowest BCUT2D eigenvalue weighted by Gasteiger charge is -2.18. The molecule has 0 heterocycles. The maximum Gasteiger partial charge on any atom is 0.123 e. The van der Waals surface area contributed by atoms with E-state index in [-0.39, 0.29) is 5.84 Å². The minimum atomic E-state index is 0.129. The molecule has 0 spiro atoms. The SMILES string of the molecule is Cc1ccc(CN(C)Cc2ccccc2C(=N)N)cc1. The van der Waals surface area contributed by atoms with E-state index in [0.717, 1.165) is 24.2 Å². The molecule has 0 aliphatic rings. The first-order valence-electron chi connectivity index (χ1n) is 6.72. The highest BCUT2D eigenvalue weighted by atomic mass is 15.1. The predicted molar refractivity (Wildman–Crippen MR) is 83.8 cm³/mol. The van der Waals surface area contributed by atoms with Crippen LogP contribution in [0.2, 0.25) is 0 Å². The molecule has 0 bridgehead atoms. The standard InChI is InChI=1S/C17H21N3/c1-13-7-9-14(10-8-13)11-20(2)12-15-5-3-4-6-16(15)17(18)19/h3-10H,11-12H2,1-2H3,(H3,18,19). The summed E-state index contributed by atoms with van der Waals surface area (Å²) < 4.78 is 0. The summed E-state index contributed by atoms with van der Waals surface area (Å²) in [6.07, 6.45) is 0. The number of amidine groups is 1. The van der Waals surface area contributed by atoms with Crippen molar-refractivity contribution in [3.63, 3.8) is 0 Å². The number of nitrogens with two attached hydrogens (primary N) is 1. The molecule has 0 fully saturated rings. The van der Waals surface area contributed by atoms with Gasteiger partial charge in [-0.15, -0.1) is 0 Å². The van der Waals surface area contributed by atoms with Gasteiger partial charge in [0.15, 0.2) is 0 Å². The average Bonchev–Trinajstić information content (AvgIpc) is 2.41. The van der Waals surface area contributed by atoms with Gasteiger partial charge in [-0.05, 0) is 25.1 Å². The van der Waals surface area contributed by atoms with Crippen LogP contribution in [0.1, 0.15) is 22.3 Å². The molecule has 0 unspecified atom stereocenters. The van der Waals surface area contributed by atoms with Gasteiger partial charge in [-0.3, -0.25) is 10.3 Å². The Bertz CT molecular complexity index is 587. The molecule has 0 amide bonds. The topological polar surface area (TPSA) is 53.1 Å². The van der Waals surface area contributed by atoms with Crippen LogP contribution in [-0.4, -0.2) is 17.8 Å². The second-order valence-electron chi connectivity index (χ2n) is 5.23. The highest BCUT2D eigenvalue weighted by molar-refractivity contribution is 5.96. The summed E-state index contributed by atoms with van der Waals surface area (Å²) in [5, 5.41) is 7.62. The normalized spacial score (nSPS) is 10.8. The molecule has 0 aliphatic heterocycles. The predicted octanol–water partition coefficient (Wildman–Crippen LogP) is 2.91. The Morgan fingerprint density at radius 2 is 1.70 bits per heavy atom. The highest BCUT2D eigenvalue weighted by Crippen LogP contribution is 2.13. The van der Waals surface area contributed by atoms with E-state index in [1.54, 1.807) is 0 Å². The van der Waals surface area contributed by atoms with Crippen molar-refractivity contribution in [3.8, 4) is 0 Å². The van der Waals surface area contributed by atoms with Crippen LogP contribution in [0.25, 0.3) is 0 Å². The molecule has 2 aromatic carbocycles. The van der Waals surface area contributed by atoms with Gasteiger partial charge < -0.3 is 5.73 Å². The zero-order valence-electron chi connectivity index (χ0n) is 12.1. The largest absolute Gasteiger partial charge is 0.384 e. The molecule has 0 aromatic heterocycles. The van der Waals surface area contributed by atoms with Gasteiger partial charge in [-0.2, -0.15) is 0 Å². The molecular weight excluding hydrogens is 246 g/mol. The second kappa shape index (κ2) is 6.35. The van der Waals surface area contributed by atoms with Gasteiger partial charge >= 0.3 is 0 Å². The van der Waals surface area contributed by atoms with E-state index in [4.69, 9.17) is 11.1 Å². The van der Waals surface area contributed by atoms with Crippen molar-refractivity contribution in [1.82, 2.24) is 4.90 Å². The number of hydrogen-bond acceptors (Lipinski definition) is 2. The van der Waals surface area contributed by atoms with Gasteiger partial charge in [0.25, 0.3) is 0 Å². The minimum absolute atomic E-state index is 0.129. The third-order valence-electron chi connectivity index (χ3n) is 3.32. The molecule has 0 atom stereocenters. The van der Waals surface area contributed by atoms with Crippen molar-refractivity contribution >= 4 is 5.84 Å². The number of nitrogens with one attached hydrogen (secondary N) is 1. The molecule has 2 aromatic rings. The van der Waals surface area contributed by atoms with Gasteiger partial charge in [0.2, 0.25) is 0 Å². The van der Waals surface area contributed by atoms with E-state index in [2.05, 4.69) is 43.1 Å². The summed E-state index contributed by atoms with van der Waals surface area (Å²) in [6.45, 7) is 3.76. The Labute approximate surface area is 120 Å². The molecule has 0 radical (unpaired) electrons. The maximum absolute atomic E-state index is 7.62. The third kappa shape index (κ3) is 3.68. The molecule has 3 N–H and O–H groups in total. The number of nitrogen functional groups attached to an aromatic ring is 1. The zero-order chi connectivity index (χ0) is 14.5. The zero-order valence-corrected chi connectivity index (χ0v) is 12.1. The first kappa shape index (κ1) is 14.3. The van der Waals surface area contributed by atoms with Crippen molar-refractivity contribution in [2.45, 2.75) is 20.0 Å². The number of hydrogen-bond donors (Lipinski definition) is 2. The third-order valence-corrected chi connectivity index (χ3v) is 3.32. The summed E-state index contributed by atoms with van der Waals surface area (Å²) in [5.41, 5.74) is 10.1. The number of nitrogens with zero attached hydrogens (tertiary/aromatic N) is 1. The van der Waals surface area contributed by atoms with Crippen molar-refractivity contribution in [3.05, 3.63) is 70.8 Å². The first-order valence-corrected chi connectivity index (χ1v) is 6.72. The summed E-state index contributed by atoms with van der Waals surface area (Å²) in [7, 11) is 2.08. The van der Waals surface area contributed by atoms with Crippen LogP contribution in [0.15, 0.2) is 48.5 Å². The van der Waals surface area contributed by atoms with E-state index in [1.165, 1.54) is 11.1 Å². The van der Waals surface area contributed by atoms with Gasteiger partial charge in [0.05, 0.1) is 0 Å². The monoisotopic (exact) mass is 267 g/mol. The van der Waals surface area contributed by atoms with Gasteiger partial charge in [-0.25, -0.2) is 0 Å². The molecule has 0 saturated heterocycles. The van der Waals surface area contributed by atoms with E-state index >= 15 is 0 Å². The quantitative estimate of drug-likeness (QED) is 0.646. The van der Waals surface area contributed by atoms with Crippen LogP contribution in [0.3, 0.4) is 0 Å². The second-order valence-corrected chi connectivity index (χ2v) is 5.23. The fraction of sp³-hybridized carbons (Fsp3) is 0.235. The first-order chi connectivity index (χ1) is 9.56. The average molecular weight is 267 g/mol. The fourth-order valence-corrected chi connectivity index (χ4v) is 2.27. The van der Waals surface area contributed by atoms with Crippen LogP contribution in [0.5, 0.6) is 0 Å². The van der Waals surface area contributed by atoms with Crippen LogP contribution in [0.4, 0.5) is 0 Å². The van der Waals surface area contributed by atoms with Crippen LogP contribution in [0, 0.1) is 12.3 Å². The highest BCUT2D eigenvalue weighted by Gasteiger charge is 2.07. The maximum atomic E-state index is 7.62. The lowest BCUT2D eigenvalue weighted by molar-refractivity contribution is 0.319. The minimum Gasteiger partial charge on any atom is -0.384 e.